The van der Waals surface area contributed by atoms with Crippen LogP contribution in [-0.2, 0) is 9.53 Å². The van der Waals surface area contributed by atoms with Crippen molar-refractivity contribution in [1.82, 2.24) is 15.1 Å². The summed E-state index contributed by atoms with van der Waals surface area (Å²) < 4.78 is 6.01. The molecule has 2 saturated carbocycles. The first-order chi connectivity index (χ1) is 11.6. The van der Waals surface area contributed by atoms with Crippen LogP contribution in [0.5, 0.6) is 0 Å². The van der Waals surface area contributed by atoms with Gasteiger partial charge in [0.05, 0.1) is 6.10 Å². The molecule has 1 aliphatic heterocycles. The fourth-order valence-corrected chi connectivity index (χ4v) is 4.78. The van der Waals surface area contributed by atoms with Crippen LogP contribution in [0.1, 0.15) is 46.0 Å². The highest BCUT2D eigenvalue weighted by molar-refractivity contribution is 14.0. The van der Waals surface area contributed by atoms with Gasteiger partial charge in [-0.05, 0) is 26.2 Å². The molecule has 3 aliphatic rings. The van der Waals surface area contributed by atoms with Crippen LogP contribution in [0.15, 0.2) is 4.99 Å². The van der Waals surface area contributed by atoms with Gasteiger partial charge in [-0.15, -0.1) is 24.0 Å². The molecule has 3 rings (SSSR count). The molecule has 1 spiro atoms. The Morgan fingerprint density at radius 3 is 2.32 bits per heavy atom. The molecule has 1 heterocycles. The minimum absolute atomic E-state index is 0. The molecule has 7 heteroatoms. The lowest BCUT2D eigenvalue weighted by molar-refractivity contribution is -0.130. The lowest BCUT2D eigenvalue weighted by Crippen LogP contribution is -2.66. The molecule has 25 heavy (non-hydrogen) atoms. The van der Waals surface area contributed by atoms with Crippen LogP contribution in [-0.4, -0.2) is 73.6 Å². The molecule has 2 aliphatic carbocycles. The number of piperazine rings is 1. The number of carbonyl (C=O) groups is 1. The molecule has 0 radical (unpaired) electrons. The largest absolute Gasteiger partial charge is 0.378 e. The van der Waals surface area contributed by atoms with Gasteiger partial charge in [-0.1, -0.05) is 12.8 Å². The number of hydrogen-bond acceptors (Lipinski definition) is 3. The topological polar surface area (TPSA) is 57.2 Å². The van der Waals surface area contributed by atoms with Crippen LogP contribution in [0.2, 0.25) is 0 Å². The summed E-state index contributed by atoms with van der Waals surface area (Å²) >= 11 is 0. The van der Waals surface area contributed by atoms with E-state index in [0.717, 1.165) is 45.2 Å². The number of aliphatic imine (C=N–C) groups is 1. The van der Waals surface area contributed by atoms with E-state index in [9.17, 15) is 4.79 Å². The molecular formula is C18H33IN4O2. The van der Waals surface area contributed by atoms with E-state index in [0.29, 0.717) is 17.6 Å². The zero-order valence-corrected chi connectivity index (χ0v) is 18.1. The lowest BCUT2D eigenvalue weighted by Gasteiger charge is -2.55. The average molecular weight is 464 g/mol. The average Bonchev–Trinajstić information content (AvgIpc) is 3.10. The predicted molar refractivity (Wildman–Crippen MR) is 110 cm³/mol. The second-order valence-electron chi connectivity index (χ2n) is 7.36. The van der Waals surface area contributed by atoms with Gasteiger partial charge >= 0.3 is 0 Å². The summed E-state index contributed by atoms with van der Waals surface area (Å²) in [5, 5.41) is 3.73. The SMILES string of the molecule is CCOC1CC(NC(=NC)N2CCN(C(C)=O)CC2)C12CCCC2.I. The van der Waals surface area contributed by atoms with Gasteiger partial charge in [0.25, 0.3) is 0 Å². The number of guanidine groups is 1. The van der Waals surface area contributed by atoms with Gasteiger partial charge in [0.1, 0.15) is 0 Å². The van der Waals surface area contributed by atoms with Gasteiger partial charge in [0, 0.05) is 58.2 Å². The standard InChI is InChI=1S/C18H32N4O2.HI/c1-4-24-16-13-15(18(16)7-5-6-8-18)20-17(19-3)22-11-9-21(10-12-22)14(2)23;/h15-16H,4-13H2,1-3H3,(H,19,20);1H. The summed E-state index contributed by atoms with van der Waals surface area (Å²) in [4.78, 5) is 20.2. The number of rotatable bonds is 3. The Morgan fingerprint density at radius 2 is 1.80 bits per heavy atom. The second kappa shape index (κ2) is 8.88. The zero-order valence-electron chi connectivity index (χ0n) is 15.8. The van der Waals surface area contributed by atoms with Gasteiger partial charge in [-0.2, -0.15) is 0 Å². The normalized spacial score (nSPS) is 28.5. The molecule has 1 saturated heterocycles. The van der Waals surface area contributed by atoms with Gasteiger partial charge in [0.15, 0.2) is 5.96 Å². The number of ether oxygens (including phenoxy) is 1. The predicted octanol–water partition coefficient (Wildman–Crippen LogP) is 2.08. The molecule has 0 bridgehead atoms. The molecule has 2 unspecified atom stereocenters. The van der Waals surface area contributed by atoms with Gasteiger partial charge in [-0.3, -0.25) is 9.79 Å². The maximum atomic E-state index is 11.5. The summed E-state index contributed by atoms with van der Waals surface area (Å²) in [6.45, 7) is 7.83. The second-order valence-corrected chi connectivity index (χ2v) is 7.36. The van der Waals surface area contributed by atoms with E-state index in [-0.39, 0.29) is 29.9 Å². The van der Waals surface area contributed by atoms with E-state index in [1.54, 1.807) is 6.92 Å². The molecule has 0 aromatic heterocycles. The minimum Gasteiger partial charge on any atom is -0.378 e. The van der Waals surface area contributed by atoms with Gasteiger partial charge < -0.3 is 19.9 Å². The van der Waals surface area contributed by atoms with Crippen molar-refractivity contribution in [2.75, 3.05) is 39.8 Å². The number of amides is 1. The van der Waals surface area contributed by atoms with Crippen LogP contribution in [0.4, 0.5) is 0 Å². The third kappa shape index (κ3) is 4.07. The van der Waals surface area contributed by atoms with Crippen molar-refractivity contribution >= 4 is 35.8 Å². The number of nitrogens with zero attached hydrogens (tertiary/aromatic N) is 3. The van der Waals surface area contributed by atoms with Gasteiger partial charge in [-0.25, -0.2) is 0 Å². The smallest absolute Gasteiger partial charge is 0.219 e. The van der Waals surface area contributed by atoms with Crippen LogP contribution in [0.25, 0.3) is 0 Å². The highest BCUT2D eigenvalue weighted by Gasteiger charge is 2.57. The first-order valence-electron chi connectivity index (χ1n) is 9.46. The molecule has 144 valence electrons. The quantitative estimate of drug-likeness (QED) is 0.395. The van der Waals surface area contributed by atoms with Crippen LogP contribution < -0.4 is 5.32 Å². The summed E-state index contributed by atoms with van der Waals surface area (Å²) in [7, 11) is 1.86. The summed E-state index contributed by atoms with van der Waals surface area (Å²) in [6.07, 6.45) is 6.67. The first-order valence-corrected chi connectivity index (χ1v) is 9.46. The molecule has 3 fully saturated rings. The Kier molecular flexibility index (Phi) is 7.37. The monoisotopic (exact) mass is 464 g/mol. The van der Waals surface area contributed by atoms with Crippen molar-refractivity contribution < 1.29 is 9.53 Å². The van der Waals surface area contributed by atoms with Crippen molar-refractivity contribution in [2.45, 2.75) is 58.1 Å². The highest BCUT2D eigenvalue weighted by atomic mass is 127. The Balaban J connectivity index is 0.00000225. The zero-order chi connectivity index (χ0) is 17.2. The molecule has 1 N–H and O–H groups in total. The minimum atomic E-state index is 0. The van der Waals surface area contributed by atoms with E-state index >= 15 is 0 Å². The third-order valence-corrected chi connectivity index (χ3v) is 6.23. The molecule has 0 aromatic rings. The number of nitrogens with one attached hydrogen (secondary N) is 1. The summed E-state index contributed by atoms with van der Waals surface area (Å²) in [5.74, 6) is 1.16. The van der Waals surface area contributed by atoms with E-state index in [1.807, 2.05) is 11.9 Å². The summed E-state index contributed by atoms with van der Waals surface area (Å²) in [6, 6.07) is 0.473. The fraction of sp³-hybridized carbons (Fsp3) is 0.889. The van der Waals surface area contributed by atoms with Crippen molar-refractivity contribution in [3.05, 3.63) is 0 Å². The van der Waals surface area contributed by atoms with Gasteiger partial charge in [0.2, 0.25) is 5.91 Å². The maximum Gasteiger partial charge on any atom is 0.219 e. The fourth-order valence-electron chi connectivity index (χ4n) is 4.78. The molecule has 0 aromatic carbocycles. The number of halogens is 1. The van der Waals surface area contributed by atoms with Crippen LogP contribution in [0, 0.1) is 5.41 Å². The van der Waals surface area contributed by atoms with Crippen LogP contribution >= 0.6 is 24.0 Å². The van der Waals surface area contributed by atoms with E-state index in [2.05, 4.69) is 22.1 Å². The third-order valence-electron chi connectivity index (χ3n) is 6.23. The van der Waals surface area contributed by atoms with Crippen molar-refractivity contribution in [3.63, 3.8) is 0 Å². The molecule has 2 atom stereocenters. The lowest BCUT2D eigenvalue weighted by atomic mass is 9.60. The van der Waals surface area contributed by atoms with E-state index in [1.165, 1.54) is 25.7 Å². The Bertz CT molecular complexity index is 485. The van der Waals surface area contributed by atoms with Crippen LogP contribution in [0.3, 0.4) is 0 Å². The molecular weight excluding hydrogens is 431 g/mol. The Labute approximate surface area is 168 Å². The van der Waals surface area contributed by atoms with E-state index in [4.69, 9.17) is 4.74 Å². The summed E-state index contributed by atoms with van der Waals surface area (Å²) in [5.41, 5.74) is 0.313. The highest BCUT2D eigenvalue weighted by Crippen LogP contribution is 2.54. The Morgan fingerprint density at radius 1 is 1.20 bits per heavy atom. The molecule has 6 nitrogen and oxygen atoms in total. The number of carbonyl (C=O) groups excluding carboxylic acids is 1. The Hall–Kier alpha value is -0.570. The van der Waals surface area contributed by atoms with Crippen molar-refractivity contribution in [1.29, 1.82) is 0 Å². The van der Waals surface area contributed by atoms with Crippen molar-refractivity contribution in [2.24, 2.45) is 10.4 Å². The van der Waals surface area contributed by atoms with Crippen molar-refractivity contribution in [3.8, 4) is 0 Å². The maximum absolute atomic E-state index is 11.5. The first kappa shape index (κ1) is 20.7. The number of hydrogen-bond donors (Lipinski definition) is 1. The van der Waals surface area contributed by atoms with E-state index < -0.39 is 0 Å². The molecule has 1 amide bonds.